The molecule has 0 radical (unpaired) electrons. The Kier molecular flexibility index (Phi) is 3.47. The number of aromatic nitrogens is 1. The lowest BCUT2D eigenvalue weighted by Crippen LogP contribution is -2.04. The van der Waals surface area contributed by atoms with Crippen LogP contribution < -0.4 is 10.1 Å². The lowest BCUT2D eigenvalue weighted by molar-refractivity contribution is 0.0694. The Balaban J connectivity index is 2.02. The third-order valence-electron chi connectivity index (χ3n) is 2.37. The minimum Gasteiger partial charge on any atom is -0.481 e. The molecule has 0 aromatic carbocycles. The van der Waals surface area contributed by atoms with Crippen molar-refractivity contribution in [3.8, 4) is 5.88 Å². The van der Waals surface area contributed by atoms with E-state index in [0.717, 1.165) is 5.69 Å². The molecule has 18 heavy (non-hydrogen) atoms. The minimum atomic E-state index is -1.01. The van der Waals surface area contributed by atoms with Crippen molar-refractivity contribution in [1.82, 2.24) is 4.98 Å². The zero-order valence-electron chi connectivity index (χ0n) is 9.71. The molecule has 2 rings (SSSR count). The summed E-state index contributed by atoms with van der Waals surface area (Å²) in [6, 6.07) is 4.92. The molecule has 2 aromatic rings. The molecule has 6 nitrogen and oxygen atoms in total. The van der Waals surface area contributed by atoms with Crippen molar-refractivity contribution >= 4 is 11.7 Å². The number of nitrogens with one attached hydrogen (secondary N) is 1. The van der Waals surface area contributed by atoms with Crippen LogP contribution in [0.15, 0.2) is 35.1 Å². The lowest BCUT2D eigenvalue weighted by Gasteiger charge is -2.05. The number of anilines is 1. The first-order chi connectivity index (χ1) is 8.70. The monoisotopic (exact) mass is 248 g/mol. The number of aromatic carboxylic acids is 1. The van der Waals surface area contributed by atoms with E-state index in [1.54, 1.807) is 18.3 Å². The number of methoxy groups -OCH3 is 1. The molecule has 94 valence electrons. The Hall–Kier alpha value is -2.50. The van der Waals surface area contributed by atoms with Gasteiger partial charge in [0.1, 0.15) is 11.3 Å². The molecule has 2 aromatic heterocycles. The molecule has 0 atom stereocenters. The molecular weight excluding hydrogens is 236 g/mol. The van der Waals surface area contributed by atoms with Gasteiger partial charge in [0.05, 0.1) is 31.8 Å². The van der Waals surface area contributed by atoms with Crippen molar-refractivity contribution in [1.29, 1.82) is 0 Å². The highest BCUT2D eigenvalue weighted by atomic mass is 16.5. The number of ether oxygens (including phenoxy) is 1. The summed E-state index contributed by atoms with van der Waals surface area (Å²) >= 11 is 0. The van der Waals surface area contributed by atoms with Crippen LogP contribution in [0.25, 0.3) is 0 Å². The Morgan fingerprint density at radius 3 is 2.94 bits per heavy atom. The maximum Gasteiger partial charge on any atom is 0.339 e. The van der Waals surface area contributed by atoms with Crippen LogP contribution in [0.3, 0.4) is 0 Å². The molecule has 0 aliphatic rings. The third kappa shape index (κ3) is 2.60. The second kappa shape index (κ2) is 5.22. The maximum atomic E-state index is 10.9. The molecule has 0 amide bonds. The molecule has 0 fully saturated rings. The summed E-state index contributed by atoms with van der Waals surface area (Å²) in [6.07, 6.45) is 2.95. The smallest absolute Gasteiger partial charge is 0.339 e. The predicted octanol–water partition coefficient (Wildman–Crippen LogP) is 1.99. The summed E-state index contributed by atoms with van der Waals surface area (Å²) < 4.78 is 10.0. The van der Waals surface area contributed by atoms with Crippen LogP contribution in [-0.4, -0.2) is 23.2 Å². The Bertz CT molecular complexity index is 533. The van der Waals surface area contributed by atoms with Gasteiger partial charge in [-0.2, -0.15) is 0 Å². The second-order valence-electron chi connectivity index (χ2n) is 3.51. The number of rotatable bonds is 5. The van der Waals surface area contributed by atoms with Gasteiger partial charge in [-0.05, 0) is 12.1 Å². The van der Waals surface area contributed by atoms with Crippen LogP contribution in [0.5, 0.6) is 5.88 Å². The maximum absolute atomic E-state index is 10.9. The van der Waals surface area contributed by atoms with Crippen molar-refractivity contribution in [2.45, 2.75) is 6.54 Å². The van der Waals surface area contributed by atoms with Gasteiger partial charge in [-0.15, -0.1) is 0 Å². The summed E-state index contributed by atoms with van der Waals surface area (Å²) in [5, 5.41) is 11.9. The van der Waals surface area contributed by atoms with E-state index in [1.165, 1.54) is 19.4 Å². The standard InChI is InChI=1S/C12H12N2O4/c1-17-11-3-2-8(6-14-11)13-7-10-9(12(15)16)4-5-18-10/h2-6,13H,7H2,1H3,(H,15,16). The van der Waals surface area contributed by atoms with Crippen molar-refractivity contribution in [3.63, 3.8) is 0 Å². The average Bonchev–Trinajstić information content (AvgIpc) is 2.85. The number of carbonyl (C=O) groups is 1. The van der Waals surface area contributed by atoms with E-state index >= 15 is 0 Å². The predicted molar refractivity (Wildman–Crippen MR) is 63.8 cm³/mol. The zero-order chi connectivity index (χ0) is 13.0. The Labute approximate surface area is 103 Å². The van der Waals surface area contributed by atoms with E-state index in [2.05, 4.69) is 10.3 Å². The van der Waals surface area contributed by atoms with Crippen LogP contribution in [-0.2, 0) is 6.54 Å². The summed E-state index contributed by atoms with van der Waals surface area (Å²) in [5.74, 6) is -0.114. The van der Waals surface area contributed by atoms with E-state index in [4.69, 9.17) is 14.3 Å². The topological polar surface area (TPSA) is 84.6 Å². The van der Waals surface area contributed by atoms with Crippen LogP contribution in [0.4, 0.5) is 5.69 Å². The van der Waals surface area contributed by atoms with Gasteiger partial charge in [-0.25, -0.2) is 9.78 Å². The van der Waals surface area contributed by atoms with Gasteiger partial charge in [0.25, 0.3) is 0 Å². The average molecular weight is 248 g/mol. The molecule has 0 unspecified atom stereocenters. The number of furan rings is 1. The van der Waals surface area contributed by atoms with Crippen LogP contribution in [0.2, 0.25) is 0 Å². The Morgan fingerprint density at radius 2 is 2.33 bits per heavy atom. The fraction of sp³-hybridized carbons (Fsp3) is 0.167. The van der Waals surface area contributed by atoms with Gasteiger partial charge < -0.3 is 19.6 Å². The summed E-state index contributed by atoms with van der Waals surface area (Å²) in [7, 11) is 1.54. The zero-order valence-corrected chi connectivity index (χ0v) is 9.71. The molecule has 0 saturated heterocycles. The quantitative estimate of drug-likeness (QED) is 0.841. The normalized spacial score (nSPS) is 10.1. The van der Waals surface area contributed by atoms with Gasteiger partial charge in [-0.1, -0.05) is 0 Å². The highest BCUT2D eigenvalue weighted by molar-refractivity contribution is 5.88. The fourth-order valence-electron chi connectivity index (χ4n) is 1.46. The first-order valence-corrected chi connectivity index (χ1v) is 5.24. The van der Waals surface area contributed by atoms with E-state index in [-0.39, 0.29) is 12.1 Å². The van der Waals surface area contributed by atoms with Gasteiger partial charge in [0, 0.05) is 6.07 Å². The van der Waals surface area contributed by atoms with Crippen LogP contribution in [0, 0.1) is 0 Å². The molecule has 0 aliphatic heterocycles. The molecule has 0 spiro atoms. The summed E-state index contributed by atoms with van der Waals surface area (Å²) in [6.45, 7) is 0.280. The molecule has 2 N–H and O–H groups in total. The molecule has 0 aliphatic carbocycles. The molecule has 6 heteroatoms. The second-order valence-corrected chi connectivity index (χ2v) is 3.51. The number of hydrogen-bond acceptors (Lipinski definition) is 5. The summed E-state index contributed by atoms with van der Waals surface area (Å²) in [5.41, 5.74) is 0.910. The van der Waals surface area contributed by atoms with Gasteiger partial charge in [0.2, 0.25) is 5.88 Å². The highest BCUT2D eigenvalue weighted by Crippen LogP contribution is 2.15. The number of carboxylic acid groups (broad SMARTS) is 1. The third-order valence-corrected chi connectivity index (χ3v) is 2.37. The SMILES string of the molecule is COc1ccc(NCc2occc2C(=O)O)cn1. The highest BCUT2D eigenvalue weighted by Gasteiger charge is 2.12. The van der Waals surface area contributed by atoms with Crippen LogP contribution >= 0.6 is 0 Å². The largest absolute Gasteiger partial charge is 0.481 e. The molecular formula is C12H12N2O4. The van der Waals surface area contributed by atoms with Crippen molar-refractivity contribution < 1.29 is 19.1 Å². The molecule has 0 bridgehead atoms. The number of pyridine rings is 1. The fourth-order valence-corrected chi connectivity index (χ4v) is 1.46. The van der Waals surface area contributed by atoms with E-state index in [9.17, 15) is 4.79 Å². The number of carboxylic acids is 1. The minimum absolute atomic E-state index is 0.156. The van der Waals surface area contributed by atoms with Crippen molar-refractivity contribution in [2.75, 3.05) is 12.4 Å². The lowest BCUT2D eigenvalue weighted by atomic mass is 10.2. The number of hydrogen-bond donors (Lipinski definition) is 2. The first-order valence-electron chi connectivity index (χ1n) is 5.24. The van der Waals surface area contributed by atoms with Gasteiger partial charge >= 0.3 is 5.97 Å². The van der Waals surface area contributed by atoms with E-state index in [0.29, 0.717) is 11.6 Å². The summed E-state index contributed by atoms with van der Waals surface area (Å²) in [4.78, 5) is 14.9. The number of nitrogens with zero attached hydrogens (tertiary/aromatic N) is 1. The van der Waals surface area contributed by atoms with E-state index in [1.807, 2.05) is 0 Å². The van der Waals surface area contributed by atoms with Crippen LogP contribution in [0.1, 0.15) is 16.1 Å². The van der Waals surface area contributed by atoms with E-state index < -0.39 is 5.97 Å². The Morgan fingerprint density at radius 1 is 1.50 bits per heavy atom. The van der Waals surface area contributed by atoms with Crippen molar-refractivity contribution in [2.24, 2.45) is 0 Å². The first kappa shape index (κ1) is 12.0. The molecule has 2 heterocycles. The van der Waals surface area contributed by atoms with Gasteiger partial charge in [-0.3, -0.25) is 0 Å². The molecule has 0 saturated carbocycles. The van der Waals surface area contributed by atoms with Gasteiger partial charge in [0.15, 0.2) is 0 Å². The van der Waals surface area contributed by atoms with Crippen molar-refractivity contribution in [3.05, 3.63) is 42.0 Å².